The molecule has 0 fully saturated rings. The second-order valence-electron chi connectivity index (χ2n) is 7.06. The van der Waals surface area contributed by atoms with Crippen LogP contribution in [0, 0.1) is 5.82 Å². The minimum absolute atomic E-state index is 0. The van der Waals surface area contributed by atoms with Gasteiger partial charge in [-0.25, -0.2) is 4.39 Å². The molecule has 4 aromatic rings. The van der Waals surface area contributed by atoms with E-state index in [-0.39, 0.29) is 35.7 Å². The normalized spacial score (nSPS) is 10.9. The summed E-state index contributed by atoms with van der Waals surface area (Å²) >= 11 is 0. The molecule has 5 heteroatoms. The molecule has 0 saturated heterocycles. The first-order chi connectivity index (χ1) is 14.6. The summed E-state index contributed by atoms with van der Waals surface area (Å²) in [6.45, 7) is 0. The summed E-state index contributed by atoms with van der Waals surface area (Å²) in [5.74, 6) is -1.02. The van der Waals surface area contributed by atoms with Gasteiger partial charge < -0.3 is 17.5 Å². The van der Waals surface area contributed by atoms with Crippen molar-refractivity contribution < 1.29 is 26.7 Å². The van der Waals surface area contributed by atoms with Gasteiger partial charge >= 0.3 is 0 Å². The van der Waals surface area contributed by atoms with Crippen molar-refractivity contribution in [3.05, 3.63) is 121 Å². The Kier molecular flexibility index (Phi) is 7.22. The molecule has 0 unspecified atom stereocenters. The summed E-state index contributed by atoms with van der Waals surface area (Å²) in [4.78, 5) is 13.5. The number of ketones is 1. The van der Waals surface area contributed by atoms with Crippen LogP contribution in [0.25, 0.3) is 0 Å². The first-order valence-electron chi connectivity index (χ1n) is 9.68. The topological polar surface area (TPSA) is 37.3 Å². The molecule has 0 spiro atoms. The molecule has 4 rings (SSSR count). The summed E-state index contributed by atoms with van der Waals surface area (Å²) in [6, 6.07) is 33.5. The van der Waals surface area contributed by atoms with E-state index in [0.717, 1.165) is 28.0 Å². The van der Waals surface area contributed by atoms with E-state index in [1.54, 1.807) is 0 Å². The number of aromatic hydroxyl groups is 1. The lowest BCUT2D eigenvalue weighted by Crippen LogP contribution is -3.00. The van der Waals surface area contributed by atoms with Gasteiger partial charge in [-0.3, -0.25) is 4.79 Å². The van der Waals surface area contributed by atoms with Gasteiger partial charge in [0.25, 0.3) is 0 Å². The molecule has 0 amide bonds. The fraction of sp³-hybridized carbons (Fsp3) is 0.0385. The van der Waals surface area contributed by atoms with Crippen LogP contribution < -0.4 is 28.3 Å². The maximum atomic E-state index is 13.9. The molecule has 0 radical (unpaired) electrons. The number of phenols is 1. The van der Waals surface area contributed by atoms with Gasteiger partial charge in [-0.2, -0.15) is 0 Å². The highest BCUT2D eigenvalue weighted by Crippen LogP contribution is 2.55. The van der Waals surface area contributed by atoms with Crippen LogP contribution in [0.3, 0.4) is 0 Å². The zero-order valence-corrected chi connectivity index (χ0v) is 18.3. The Morgan fingerprint density at radius 3 is 1.55 bits per heavy atom. The van der Waals surface area contributed by atoms with Crippen molar-refractivity contribution in [1.82, 2.24) is 0 Å². The summed E-state index contributed by atoms with van der Waals surface area (Å²) in [7, 11) is -2.39. The fourth-order valence-electron chi connectivity index (χ4n) is 3.80. The minimum atomic E-state index is -2.39. The van der Waals surface area contributed by atoms with E-state index in [1.807, 2.05) is 91.0 Å². The number of hydrogen-bond acceptors (Lipinski definition) is 2. The van der Waals surface area contributed by atoms with Crippen LogP contribution in [0.5, 0.6) is 5.75 Å². The first-order valence-corrected chi connectivity index (χ1v) is 11.7. The van der Waals surface area contributed by atoms with Crippen molar-refractivity contribution in [3.8, 4) is 5.75 Å². The third-order valence-corrected chi connectivity index (χ3v) is 9.53. The zero-order valence-electron chi connectivity index (χ0n) is 16.7. The number of carbonyl (C=O) groups excluding carboxylic acids is 1. The minimum Gasteiger partial charge on any atom is -1.00 e. The van der Waals surface area contributed by atoms with Crippen LogP contribution in [0.4, 0.5) is 4.39 Å². The van der Waals surface area contributed by atoms with E-state index in [4.69, 9.17) is 0 Å². The maximum absolute atomic E-state index is 13.9. The van der Waals surface area contributed by atoms with Crippen molar-refractivity contribution in [2.45, 2.75) is 0 Å². The second-order valence-corrected chi connectivity index (χ2v) is 10.5. The molecule has 1 N–H and O–H groups in total. The highest BCUT2D eigenvalue weighted by Gasteiger charge is 2.47. The largest absolute Gasteiger partial charge is 1.00 e. The van der Waals surface area contributed by atoms with Crippen LogP contribution in [0.15, 0.2) is 109 Å². The molecule has 0 atom stereocenters. The number of hydrogen-bond donors (Lipinski definition) is 1. The first kappa shape index (κ1) is 22.7. The average Bonchev–Trinajstić information content (AvgIpc) is 2.80. The second kappa shape index (κ2) is 9.87. The summed E-state index contributed by atoms with van der Waals surface area (Å²) in [6.07, 6.45) is 0.155. The third kappa shape index (κ3) is 4.54. The summed E-state index contributed by atoms with van der Waals surface area (Å²) in [5, 5.41) is 13.4. The Labute approximate surface area is 188 Å². The fourth-order valence-corrected chi connectivity index (χ4v) is 7.89. The molecule has 156 valence electrons. The van der Waals surface area contributed by atoms with E-state index in [0.29, 0.717) is 0 Å². The van der Waals surface area contributed by atoms with E-state index >= 15 is 0 Å². The van der Waals surface area contributed by atoms with Gasteiger partial charge in [0.1, 0.15) is 40.9 Å². The standard InChI is InChI=1S/C26H20FO2P.ClH/c27-20-16-17-25(28)24(18-20)26(29)19-30(21-10-4-1-5-11-21,22-12-6-2-7-13-22)23-14-8-3-9-15-23;/h1-18H,19H2;1H. The lowest BCUT2D eigenvalue weighted by molar-refractivity contribution is -0.0000155. The van der Waals surface area contributed by atoms with Gasteiger partial charge in [-0.05, 0) is 54.6 Å². The smallest absolute Gasteiger partial charge is 0.204 e. The van der Waals surface area contributed by atoms with E-state index in [2.05, 4.69) is 0 Å². The summed E-state index contributed by atoms with van der Waals surface area (Å²) < 4.78 is 13.9. The number of rotatable bonds is 6. The van der Waals surface area contributed by atoms with Crippen LogP contribution in [0.2, 0.25) is 0 Å². The Morgan fingerprint density at radius 2 is 1.13 bits per heavy atom. The molecule has 0 aromatic heterocycles. The Bertz CT molecular complexity index is 1060. The maximum Gasteiger partial charge on any atom is 0.204 e. The van der Waals surface area contributed by atoms with Gasteiger partial charge in [0.05, 0.1) is 5.56 Å². The van der Waals surface area contributed by atoms with Gasteiger partial charge in [0.2, 0.25) is 5.78 Å². The van der Waals surface area contributed by atoms with Gasteiger partial charge in [0.15, 0.2) is 0 Å². The quantitative estimate of drug-likeness (QED) is 0.359. The van der Waals surface area contributed by atoms with Gasteiger partial charge in [0, 0.05) is 0 Å². The Balaban J connectivity index is 0.00000272. The van der Waals surface area contributed by atoms with E-state index in [1.165, 1.54) is 6.07 Å². The highest BCUT2D eigenvalue weighted by molar-refractivity contribution is 7.96. The highest BCUT2D eigenvalue weighted by atomic mass is 35.5. The lowest BCUT2D eigenvalue weighted by Gasteiger charge is -2.27. The Hall–Kier alpha value is -3.00. The van der Waals surface area contributed by atoms with Gasteiger partial charge in [-0.15, -0.1) is 0 Å². The number of halogens is 2. The predicted molar refractivity (Wildman–Crippen MR) is 122 cm³/mol. The van der Waals surface area contributed by atoms with Crippen molar-refractivity contribution in [2.75, 3.05) is 6.16 Å². The van der Waals surface area contributed by atoms with Crippen LogP contribution in [-0.4, -0.2) is 17.1 Å². The molecular formula is C26H21ClFO2P. The molecule has 0 bridgehead atoms. The van der Waals surface area contributed by atoms with Crippen molar-refractivity contribution in [1.29, 1.82) is 0 Å². The zero-order chi connectivity index (χ0) is 21.0. The van der Waals surface area contributed by atoms with Crippen LogP contribution >= 0.6 is 7.26 Å². The molecule has 0 saturated carbocycles. The average molecular weight is 451 g/mol. The van der Waals surface area contributed by atoms with Crippen LogP contribution in [-0.2, 0) is 0 Å². The lowest BCUT2D eigenvalue weighted by atomic mass is 10.1. The number of benzene rings is 4. The monoisotopic (exact) mass is 450 g/mol. The van der Waals surface area contributed by atoms with Crippen molar-refractivity contribution >= 4 is 29.0 Å². The SMILES string of the molecule is O=C(C[P+](c1ccccc1)(c1ccccc1)c1ccccc1)c1cc(F)ccc1O.[Cl-]. The van der Waals surface area contributed by atoms with Crippen LogP contribution in [0.1, 0.15) is 10.4 Å². The van der Waals surface area contributed by atoms with Crippen molar-refractivity contribution in [3.63, 3.8) is 0 Å². The molecule has 4 aromatic carbocycles. The van der Waals surface area contributed by atoms with E-state index in [9.17, 15) is 14.3 Å². The van der Waals surface area contributed by atoms with Crippen molar-refractivity contribution in [2.24, 2.45) is 0 Å². The summed E-state index contributed by atoms with van der Waals surface area (Å²) in [5.41, 5.74) is 0.0159. The molecule has 0 aliphatic heterocycles. The number of Topliss-reactive ketones (excluding diaryl/α,β-unsaturated/α-hetero) is 1. The number of phenolic OH excluding ortho intramolecular Hbond substituents is 1. The predicted octanol–water partition coefficient (Wildman–Crippen LogP) is 1.71. The molecule has 0 aliphatic rings. The van der Waals surface area contributed by atoms with E-state index < -0.39 is 13.1 Å². The van der Waals surface area contributed by atoms with Gasteiger partial charge in [-0.1, -0.05) is 54.6 Å². The molecule has 31 heavy (non-hydrogen) atoms. The third-order valence-electron chi connectivity index (χ3n) is 5.23. The number of carbonyl (C=O) groups is 1. The molecule has 2 nitrogen and oxygen atoms in total. The molecule has 0 aliphatic carbocycles. The molecule has 0 heterocycles. The Morgan fingerprint density at radius 1 is 0.710 bits per heavy atom. The molecular weight excluding hydrogens is 430 g/mol.